The lowest BCUT2D eigenvalue weighted by Crippen LogP contribution is -1.97. The van der Waals surface area contributed by atoms with Crippen LogP contribution < -0.4 is 5.32 Å². The molecule has 4 aromatic rings. The third kappa shape index (κ3) is 3.05. The second-order valence-electron chi connectivity index (χ2n) is 5.32. The molecule has 0 saturated heterocycles. The Balaban J connectivity index is 1.84. The maximum absolute atomic E-state index is 9.27. The Morgan fingerprint density at radius 2 is 1.76 bits per heavy atom. The molecule has 0 unspecified atom stereocenters. The molecular formula is C19H11ClN4S. The predicted molar refractivity (Wildman–Crippen MR) is 102 cm³/mol. The van der Waals surface area contributed by atoms with Crippen molar-refractivity contribution >= 4 is 44.7 Å². The number of nitrogens with one attached hydrogen (secondary N) is 1. The van der Waals surface area contributed by atoms with E-state index in [1.807, 2.05) is 42.5 Å². The molecule has 2 aromatic carbocycles. The normalized spacial score (nSPS) is 10.6. The Morgan fingerprint density at radius 3 is 2.56 bits per heavy atom. The molecule has 0 bridgehead atoms. The SMILES string of the molecule is N#Cc1ccccc1Nc1nc(Cl)nc2sc(-c3ccccc3)cc12. The Kier molecular flexibility index (Phi) is 4.06. The number of fused-ring (bicyclic) bond motifs is 1. The zero-order valence-corrected chi connectivity index (χ0v) is 14.5. The largest absolute Gasteiger partial charge is 0.338 e. The van der Waals surface area contributed by atoms with Crippen LogP contribution in [0.4, 0.5) is 11.5 Å². The number of rotatable bonds is 3. The van der Waals surface area contributed by atoms with Gasteiger partial charge in [0.2, 0.25) is 5.28 Å². The van der Waals surface area contributed by atoms with Crippen molar-refractivity contribution in [1.29, 1.82) is 5.26 Å². The number of anilines is 2. The molecule has 0 spiro atoms. The van der Waals surface area contributed by atoms with Crippen molar-refractivity contribution in [2.75, 3.05) is 5.32 Å². The molecule has 0 aliphatic rings. The van der Waals surface area contributed by atoms with E-state index in [9.17, 15) is 5.26 Å². The summed E-state index contributed by atoms with van der Waals surface area (Å²) in [6.07, 6.45) is 0. The van der Waals surface area contributed by atoms with E-state index >= 15 is 0 Å². The molecule has 0 saturated carbocycles. The summed E-state index contributed by atoms with van der Waals surface area (Å²) < 4.78 is 0. The molecule has 4 rings (SSSR count). The number of halogens is 1. The fourth-order valence-electron chi connectivity index (χ4n) is 2.55. The molecule has 0 amide bonds. The monoisotopic (exact) mass is 362 g/mol. The first-order chi connectivity index (χ1) is 12.2. The van der Waals surface area contributed by atoms with Crippen LogP contribution in [0.1, 0.15) is 5.56 Å². The second-order valence-corrected chi connectivity index (χ2v) is 6.69. The lowest BCUT2D eigenvalue weighted by Gasteiger charge is -2.08. The third-order valence-corrected chi connectivity index (χ3v) is 4.97. The van der Waals surface area contributed by atoms with Crippen molar-refractivity contribution in [3.63, 3.8) is 0 Å². The molecule has 2 aromatic heterocycles. The van der Waals surface area contributed by atoms with Gasteiger partial charge in [0, 0.05) is 4.88 Å². The van der Waals surface area contributed by atoms with Crippen molar-refractivity contribution in [1.82, 2.24) is 9.97 Å². The van der Waals surface area contributed by atoms with E-state index in [-0.39, 0.29) is 5.28 Å². The van der Waals surface area contributed by atoms with Crippen LogP contribution in [-0.4, -0.2) is 9.97 Å². The summed E-state index contributed by atoms with van der Waals surface area (Å²) in [5.41, 5.74) is 2.35. The standard InChI is InChI=1S/C19H11ClN4S/c20-19-23-17(22-15-9-5-4-8-13(15)11-21)14-10-16(25-18(14)24-19)12-6-2-1-3-7-12/h1-10H,(H,22,23,24). The van der Waals surface area contributed by atoms with Crippen molar-refractivity contribution < 1.29 is 0 Å². The van der Waals surface area contributed by atoms with Crippen LogP contribution in [0.15, 0.2) is 60.7 Å². The molecule has 25 heavy (non-hydrogen) atoms. The summed E-state index contributed by atoms with van der Waals surface area (Å²) >= 11 is 7.66. The minimum absolute atomic E-state index is 0.172. The average Bonchev–Trinajstić information content (AvgIpc) is 3.07. The number of thiophene rings is 1. The lowest BCUT2D eigenvalue weighted by atomic mass is 10.1. The van der Waals surface area contributed by atoms with Crippen molar-refractivity contribution in [3.05, 3.63) is 71.5 Å². The predicted octanol–water partition coefficient (Wildman–Crippen LogP) is 5.63. The molecule has 0 atom stereocenters. The average molecular weight is 363 g/mol. The van der Waals surface area contributed by atoms with Crippen LogP contribution in [0.25, 0.3) is 20.7 Å². The smallest absolute Gasteiger partial charge is 0.225 e. The van der Waals surface area contributed by atoms with Gasteiger partial charge in [-0.3, -0.25) is 0 Å². The molecule has 0 radical (unpaired) electrons. The van der Waals surface area contributed by atoms with E-state index in [0.29, 0.717) is 17.1 Å². The maximum atomic E-state index is 9.27. The van der Waals surface area contributed by atoms with Gasteiger partial charge in [-0.15, -0.1) is 11.3 Å². The molecule has 6 heteroatoms. The highest BCUT2D eigenvalue weighted by atomic mass is 35.5. The third-order valence-electron chi connectivity index (χ3n) is 3.72. The molecule has 120 valence electrons. The van der Waals surface area contributed by atoms with Gasteiger partial charge in [0.15, 0.2) is 0 Å². The topological polar surface area (TPSA) is 61.6 Å². The highest BCUT2D eigenvalue weighted by Crippen LogP contribution is 2.37. The quantitative estimate of drug-likeness (QED) is 0.480. The van der Waals surface area contributed by atoms with Gasteiger partial charge in [0.25, 0.3) is 0 Å². The summed E-state index contributed by atoms with van der Waals surface area (Å²) in [5, 5.41) is 13.5. The van der Waals surface area contributed by atoms with E-state index in [1.54, 1.807) is 17.4 Å². The summed E-state index contributed by atoms with van der Waals surface area (Å²) in [7, 11) is 0. The number of hydrogen-bond donors (Lipinski definition) is 1. The van der Waals surface area contributed by atoms with Gasteiger partial charge in [0.1, 0.15) is 16.7 Å². The molecule has 0 fully saturated rings. The second kappa shape index (κ2) is 6.52. The highest BCUT2D eigenvalue weighted by molar-refractivity contribution is 7.22. The number of aromatic nitrogens is 2. The van der Waals surface area contributed by atoms with Gasteiger partial charge in [-0.1, -0.05) is 42.5 Å². The fourth-order valence-corrected chi connectivity index (χ4v) is 3.81. The molecule has 1 N–H and O–H groups in total. The summed E-state index contributed by atoms with van der Waals surface area (Å²) in [6, 6.07) is 21.6. The zero-order chi connectivity index (χ0) is 17.2. The van der Waals surface area contributed by atoms with Crippen molar-refractivity contribution in [2.45, 2.75) is 0 Å². The van der Waals surface area contributed by atoms with Crippen LogP contribution in [0, 0.1) is 11.3 Å². The Morgan fingerprint density at radius 1 is 1.00 bits per heavy atom. The number of nitrogens with zero attached hydrogens (tertiary/aromatic N) is 3. The maximum Gasteiger partial charge on any atom is 0.225 e. The van der Waals surface area contributed by atoms with Crippen LogP contribution in [-0.2, 0) is 0 Å². The Bertz CT molecular complexity index is 1100. The van der Waals surface area contributed by atoms with Gasteiger partial charge < -0.3 is 5.32 Å². The van der Waals surface area contributed by atoms with Gasteiger partial charge in [-0.05, 0) is 35.4 Å². The van der Waals surface area contributed by atoms with Crippen molar-refractivity contribution in [3.8, 4) is 16.5 Å². The van der Waals surface area contributed by atoms with Gasteiger partial charge >= 0.3 is 0 Å². The highest BCUT2D eigenvalue weighted by Gasteiger charge is 2.13. The van der Waals surface area contributed by atoms with E-state index in [4.69, 9.17) is 11.6 Å². The lowest BCUT2D eigenvalue weighted by molar-refractivity contribution is 1.23. The van der Waals surface area contributed by atoms with Gasteiger partial charge in [-0.2, -0.15) is 10.2 Å². The van der Waals surface area contributed by atoms with Crippen molar-refractivity contribution in [2.24, 2.45) is 0 Å². The molecule has 0 aliphatic carbocycles. The van der Waals surface area contributed by atoms with Gasteiger partial charge in [-0.25, -0.2) is 4.98 Å². The fraction of sp³-hybridized carbons (Fsp3) is 0. The van der Waals surface area contributed by atoms with E-state index < -0.39 is 0 Å². The van der Waals surface area contributed by atoms with Crippen LogP contribution >= 0.6 is 22.9 Å². The summed E-state index contributed by atoms with van der Waals surface area (Å²) in [5.74, 6) is 0.594. The number of nitriles is 1. The van der Waals surface area contributed by atoms with E-state index in [2.05, 4.69) is 33.5 Å². The number of benzene rings is 2. The molecule has 4 nitrogen and oxygen atoms in total. The zero-order valence-electron chi connectivity index (χ0n) is 12.9. The van der Waals surface area contributed by atoms with Crippen LogP contribution in [0.2, 0.25) is 5.28 Å². The Hall–Kier alpha value is -2.94. The first-order valence-corrected chi connectivity index (χ1v) is 8.73. The summed E-state index contributed by atoms with van der Waals surface area (Å²) in [6.45, 7) is 0. The summed E-state index contributed by atoms with van der Waals surface area (Å²) in [4.78, 5) is 10.5. The molecule has 0 aliphatic heterocycles. The first kappa shape index (κ1) is 15.6. The van der Waals surface area contributed by atoms with E-state index in [0.717, 1.165) is 20.7 Å². The number of para-hydroxylation sites is 1. The number of hydrogen-bond acceptors (Lipinski definition) is 5. The molecular weight excluding hydrogens is 352 g/mol. The van der Waals surface area contributed by atoms with E-state index in [1.165, 1.54) is 0 Å². The first-order valence-electron chi connectivity index (χ1n) is 7.53. The Labute approximate surface area is 153 Å². The minimum Gasteiger partial charge on any atom is -0.338 e. The van der Waals surface area contributed by atoms with Crippen LogP contribution in [0.3, 0.4) is 0 Å². The van der Waals surface area contributed by atoms with Gasteiger partial charge in [0.05, 0.1) is 16.6 Å². The minimum atomic E-state index is 0.172. The molecule has 2 heterocycles. The van der Waals surface area contributed by atoms with Crippen LogP contribution in [0.5, 0.6) is 0 Å².